The fourth-order valence-electron chi connectivity index (χ4n) is 2.89. The maximum Gasteiger partial charge on any atom is 0.220 e. The molecule has 5 unspecified atom stereocenters. The first-order valence-corrected chi connectivity index (χ1v) is 6.77. The van der Waals surface area contributed by atoms with Gasteiger partial charge in [-0.1, -0.05) is 0 Å². The lowest BCUT2D eigenvalue weighted by Crippen LogP contribution is -2.69. The van der Waals surface area contributed by atoms with Crippen molar-refractivity contribution in [1.82, 2.24) is 5.32 Å². The van der Waals surface area contributed by atoms with Crippen molar-refractivity contribution in [2.75, 3.05) is 33.9 Å². The Morgan fingerprint density at radius 3 is 2.37 bits per heavy atom. The van der Waals surface area contributed by atoms with Crippen molar-refractivity contribution in [3.05, 3.63) is 0 Å². The molecular weight excluding hydrogens is 250 g/mol. The van der Waals surface area contributed by atoms with Crippen LogP contribution in [0.25, 0.3) is 0 Å². The van der Waals surface area contributed by atoms with E-state index in [1.807, 2.05) is 13.8 Å². The summed E-state index contributed by atoms with van der Waals surface area (Å²) >= 11 is 0. The van der Waals surface area contributed by atoms with E-state index in [2.05, 4.69) is 5.32 Å². The predicted octanol–water partition coefficient (Wildman–Crippen LogP) is 0.0974. The highest BCUT2D eigenvalue weighted by atomic mass is 16.8. The molecule has 2 N–H and O–H groups in total. The number of ether oxygens (including phenoxy) is 4. The number of fused-ring (bicyclic) bond motifs is 1. The number of rotatable bonds is 4. The molecule has 2 heterocycles. The Hall–Kier alpha value is -0.240. The maximum absolute atomic E-state index is 9.16. The Kier molecular flexibility index (Phi) is 4.49. The largest absolute Gasteiger partial charge is 0.396 e. The standard InChI is InChI=1S/C13H25NO5/c1-12(16-3)13(2,17-4)19-11-9(5-6-15)7-14-8-10(11)18-12/h9-11,14-15H,5-8H2,1-4H3. The molecule has 0 bridgehead atoms. The van der Waals surface area contributed by atoms with Crippen molar-refractivity contribution in [3.8, 4) is 0 Å². The molecule has 0 amide bonds. The summed E-state index contributed by atoms with van der Waals surface area (Å²) < 4.78 is 23.3. The number of hydrogen-bond acceptors (Lipinski definition) is 6. The average Bonchev–Trinajstić information content (AvgIpc) is 2.41. The topological polar surface area (TPSA) is 69.2 Å². The second kappa shape index (κ2) is 5.63. The number of aliphatic hydroxyl groups excluding tert-OH is 1. The second-order valence-corrected chi connectivity index (χ2v) is 5.47. The SMILES string of the molecule is COC1(C)OC2CNCC(CCO)C2OC1(C)OC. The van der Waals surface area contributed by atoms with E-state index in [0.717, 1.165) is 6.54 Å². The van der Waals surface area contributed by atoms with Gasteiger partial charge >= 0.3 is 0 Å². The van der Waals surface area contributed by atoms with Crippen molar-refractivity contribution in [2.45, 2.75) is 44.1 Å². The molecular formula is C13H25NO5. The van der Waals surface area contributed by atoms with Crippen LogP contribution in [0.2, 0.25) is 0 Å². The zero-order valence-electron chi connectivity index (χ0n) is 12.1. The first-order valence-electron chi connectivity index (χ1n) is 6.77. The second-order valence-electron chi connectivity index (χ2n) is 5.47. The minimum atomic E-state index is -0.964. The van der Waals surface area contributed by atoms with Crippen LogP contribution in [0.1, 0.15) is 20.3 Å². The summed E-state index contributed by atoms with van der Waals surface area (Å²) in [5, 5.41) is 12.5. The van der Waals surface area contributed by atoms with Crippen LogP contribution in [0.5, 0.6) is 0 Å². The molecule has 0 aromatic rings. The Morgan fingerprint density at radius 1 is 1.16 bits per heavy atom. The quantitative estimate of drug-likeness (QED) is 0.758. The number of aliphatic hydroxyl groups is 1. The van der Waals surface area contributed by atoms with Crippen LogP contribution in [0.4, 0.5) is 0 Å². The molecule has 0 aromatic heterocycles. The molecule has 0 radical (unpaired) electrons. The zero-order chi connectivity index (χ0) is 14.1. The zero-order valence-corrected chi connectivity index (χ0v) is 12.1. The molecule has 6 heteroatoms. The molecule has 5 atom stereocenters. The van der Waals surface area contributed by atoms with Crippen molar-refractivity contribution >= 4 is 0 Å². The van der Waals surface area contributed by atoms with Gasteiger partial charge in [0.15, 0.2) is 0 Å². The van der Waals surface area contributed by atoms with Gasteiger partial charge in [0.1, 0.15) is 6.10 Å². The summed E-state index contributed by atoms with van der Waals surface area (Å²) in [7, 11) is 3.17. The number of nitrogens with one attached hydrogen (secondary N) is 1. The summed E-state index contributed by atoms with van der Waals surface area (Å²) in [6.45, 7) is 5.32. The third-order valence-electron chi connectivity index (χ3n) is 4.42. The first kappa shape index (κ1) is 15.2. The van der Waals surface area contributed by atoms with Crippen molar-refractivity contribution in [3.63, 3.8) is 0 Å². The highest BCUT2D eigenvalue weighted by Gasteiger charge is 2.58. The molecule has 0 spiro atoms. The van der Waals surface area contributed by atoms with E-state index in [0.29, 0.717) is 13.0 Å². The van der Waals surface area contributed by atoms with E-state index in [1.165, 1.54) is 0 Å². The van der Waals surface area contributed by atoms with Gasteiger partial charge in [-0.3, -0.25) is 0 Å². The normalized spacial score (nSPS) is 46.9. The Balaban J connectivity index is 2.21. The van der Waals surface area contributed by atoms with E-state index in [9.17, 15) is 0 Å². The minimum Gasteiger partial charge on any atom is -0.396 e. The Labute approximate surface area is 114 Å². The van der Waals surface area contributed by atoms with Crippen LogP contribution in [0, 0.1) is 5.92 Å². The summed E-state index contributed by atoms with van der Waals surface area (Å²) in [6, 6.07) is 0. The lowest BCUT2D eigenvalue weighted by molar-refractivity contribution is -0.454. The number of piperidine rings is 1. The smallest absolute Gasteiger partial charge is 0.220 e. The molecule has 2 saturated heterocycles. The van der Waals surface area contributed by atoms with E-state index in [1.54, 1.807) is 14.2 Å². The summed E-state index contributed by atoms with van der Waals surface area (Å²) in [4.78, 5) is 0. The highest BCUT2D eigenvalue weighted by molar-refractivity contribution is 4.96. The highest BCUT2D eigenvalue weighted by Crippen LogP contribution is 2.42. The van der Waals surface area contributed by atoms with Gasteiger partial charge in [0, 0.05) is 39.8 Å². The molecule has 0 aliphatic carbocycles. The van der Waals surface area contributed by atoms with Crippen LogP contribution in [0.15, 0.2) is 0 Å². The number of hydrogen-bond donors (Lipinski definition) is 2. The van der Waals surface area contributed by atoms with Crippen molar-refractivity contribution in [2.24, 2.45) is 5.92 Å². The van der Waals surface area contributed by atoms with Gasteiger partial charge in [-0.15, -0.1) is 0 Å². The molecule has 0 saturated carbocycles. The molecule has 2 aliphatic rings. The third-order valence-corrected chi connectivity index (χ3v) is 4.42. The van der Waals surface area contributed by atoms with Gasteiger partial charge in [-0.05, 0) is 20.3 Å². The predicted molar refractivity (Wildman–Crippen MR) is 68.6 cm³/mol. The Morgan fingerprint density at radius 2 is 1.79 bits per heavy atom. The summed E-state index contributed by atoms with van der Waals surface area (Å²) in [5.41, 5.74) is 0. The van der Waals surface area contributed by atoms with E-state index in [-0.39, 0.29) is 24.7 Å². The monoisotopic (exact) mass is 275 g/mol. The third kappa shape index (κ3) is 2.53. The summed E-state index contributed by atoms with van der Waals surface area (Å²) in [6.07, 6.45) is 0.487. The van der Waals surface area contributed by atoms with Gasteiger partial charge in [-0.25, -0.2) is 0 Å². The molecule has 2 aliphatic heterocycles. The lowest BCUT2D eigenvalue weighted by Gasteiger charge is -2.55. The van der Waals surface area contributed by atoms with Crippen LogP contribution < -0.4 is 5.32 Å². The van der Waals surface area contributed by atoms with Gasteiger partial charge < -0.3 is 29.4 Å². The van der Waals surface area contributed by atoms with Crippen molar-refractivity contribution < 1.29 is 24.1 Å². The van der Waals surface area contributed by atoms with Gasteiger partial charge in [-0.2, -0.15) is 0 Å². The lowest BCUT2D eigenvalue weighted by atomic mass is 9.88. The van der Waals surface area contributed by atoms with Crippen LogP contribution in [-0.4, -0.2) is 62.8 Å². The summed E-state index contributed by atoms with van der Waals surface area (Å²) in [5.74, 6) is -1.71. The fourth-order valence-corrected chi connectivity index (χ4v) is 2.89. The minimum absolute atomic E-state index is 0.0958. The molecule has 112 valence electrons. The van der Waals surface area contributed by atoms with Crippen LogP contribution in [-0.2, 0) is 18.9 Å². The van der Waals surface area contributed by atoms with Gasteiger partial charge in [0.25, 0.3) is 0 Å². The van der Waals surface area contributed by atoms with Gasteiger partial charge in [0.2, 0.25) is 11.6 Å². The van der Waals surface area contributed by atoms with Crippen LogP contribution in [0.3, 0.4) is 0 Å². The van der Waals surface area contributed by atoms with E-state index < -0.39 is 11.6 Å². The molecule has 19 heavy (non-hydrogen) atoms. The molecule has 2 rings (SSSR count). The maximum atomic E-state index is 9.16. The molecule has 6 nitrogen and oxygen atoms in total. The number of methoxy groups -OCH3 is 2. The Bertz CT molecular complexity index is 313. The fraction of sp³-hybridized carbons (Fsp3) is 1.00. The molecule has 0 aromatic carbocycles. The first-order chi connectivity index (χ1) is 8.99. The van der Waals surface area contributed by atoms with E-state index >= 15 is 0 Å². The van der Waals surface area contributed by atoms with Crippen LogP contribution >= 0.6 is 0 Å². The van der Waals surface area contributed by atoms with E-state index in [4.69, 9.17) is 24.1 Å². The molecule has 2 fully saturated rings. The average molecular weight is 275 g/mol. The van der Waals surface area contributed by atoms with Gasteiger partial charge in [0.05, 0.1) is 6.10 Å². The van der Waals surface area contributed by atoms with Crippen molar-refractivity contribution in [1.29, 1.82) is 0 Å².